The Morgan fingerprint density at radius 3 is 2.38 bits per heavy atom. The molecule has 0 radical (unpaired) electrons. The number of amidine groups is 1. The minimum absolute atomic E-state index is 0.0843. The molecule has 2 aromatic carbocycles. The Morgan fingerprint density at radius 1 is 1.02 bits per heavy atom. The first-order chi connectivity index (χ1) is 19.1. The van der Waals surface area contributed by atoms with Crippen LogP contribution in [0.3, 0.4) is 0 Å². The topological polar surface area (TPSA) is 172 Å². The summed E-state index contributed by atoms with van der Waals surface area (Å²) in [5.41, 5.74) is 13.1. The summed E-state index contributed by atoms with van der Waals surface area (Å²) >= 11 is 0. The van der Waals surface area contributed by atoms with Gasteiger partial charge in [-0.05, 0) is 67.4 Å². The van der Waals surface area contributed by atoms with E-state index in [4.69, 9.17) is 20.6 Å². The maximum absolute atomic E-state index is 13.4. The highest BCUT2D eigenvalue weighted by Crippen LogP contribution is 2.32. The number of carbonyl (C=O) groups is 3. The third-order valence-corrected chi connectivity index (χ3v) is 5.80. The molecule has 0 bridgehead atoms. The van der Waals surface area contributed by atoms with Gasteiger partial charge in [0, 0.05) is 37.7 Å². The van der Waals surface area contributed by atoms with Crippen LogP contribution in [0.15, 0.2) is 60.9 Å². The van der Waals surface area contributed by atoms with Gasteiger partial charge in [-0.2, -0.15) is 0 Å². The van der Waals surface area contributed by atoms with E-state index in [0.717, 1.165) is 0 Å². The fourth-order valence-corrected chi connectivity index (χ4v) is 3.53. The lowest BCUT2D eigenvalue weighted by Gasteiger charge is -2.22. The highest BCUT2D eigenvalue weighted by molar-refractivity contribution is 5.97. The molecule has 0 aliphatic heterocycles. The smallest absolute Gasteiger partial charge is 0.271 e. The number of carbonyl (C=O) groups excluding carboxylic acids is 3. The number of nitrogens with zero attached hydrogens (tertiary/aromatic N) is 2. The van der Waals surface area contributed by atoms with Crippen LogP contribution in [0.25, 0.3) is 0 Å². The summed E-state index contributed by atoms with van der Waals surface area (Å²) in [4.78, 5) is 43.5. The maximum atomic E-state index is 13.4. The molecule has 3 amide bonds. The third kappa shape index (κ3) is 7.69. The number of hydrazine groups is 1. The zero-order valence-electron chi connectivity index (χ0n) is 22.8. The van der Waals surface area contributed by atoms with E-state index in [0.29, 0.717) is 46.0 Å². The summed E-state index contributed by atoms with van der Waals surface area (Å²) < 4.78 is 11.4. The number of hydrogen-bond acceptors (Lipinski definition) is 8. The SMILES string of the molecule is CCOc1cc(C(Nc2ccc(C(=N)N)cc2)C(=O)NNC(=O)c2cnccc2C)ccc1OCC(=O)N(C)C. The number of nitrogens with two attached hydrogens (primary N) is 1. The van der Waals surface area contributed by atoms with Crippen LogP contribution in [0.4, 0.5) is 5.69 Å². The van der Waals surface area contributed by atoms with Gasteiger partial charge in [0.15, 0.2) is 18.1 Å². The average Bonchev–Trinajstić information content (AvgIpc) is 2.94. The lowest BCUT2D eigenvalue weighted by Crippen LogP contribution is -2.45. The molecular formula is C28H33N7O5. The van der Waals surface area contributed by atoms with Crippen molar-refractivity contribution >= 4 is 29.2 Å². The highest BCUT2D eigenvalue weighted by atomic mass is 16.5. The van der Waals surface area contributed by atoms with Crippen molar-refractivity contribution in [2.45, 2.75) is 19.9 Å². The zero-order valence-corrected chi connectivity index (χ0v) is 22.8. The average molecular weight is 548 g/mol. The van der Waals surface area contributed by atoms with Crippen LogP contribution in [-0.2, 0) is 9.59 Å². The number of nitrogens with one attached hydrogen (secondary N) is 4. The van der Waals surface area contributed by atoms with Gasteiger partial charge in [-0.1, -0.05) is 6.07 Å². The fraction of sp³-hybridized carbons (Fsp3) is 0.250. The summed E-state index contributed by atoms with van der Waals surface area (Å²) in [5, 5.41) is 10.7. The van der Waals surface area contributed by atoms with Crippen molar-refractivity contribution in [1.29, 1.82) is 5.41 Å². The van der Waals surface area contributed by atoms with E-state index in [-0.39, 0.29) is 18.3 Å². The van der Waals surface area contributed by atoms with E-state index < -0.39 is 17.9 Å². The molecule has 0 spiro atoms. The Hall–Kier alpha value is -5.13. The first kappa shape index (κ1) is 29.4. The van der Waals surface area contributed by atoms with Crippen molar-refractivity contribution in [2.24, 2.45) is 5.73 Å². The standard InChI is InChI=1S/C28H33N7O5/c1-5-39-23-14-19(8-11-22(23)40-16-24(36)35(3)4)25(32-20-9-6-18(7-10-20)26(29)30)28(38)34-33-27(37)21-15-31-13-12-17(21)2/h6-15,25,32H,5,16H2,1-4H3,(H3,29,30)(H,33,37)(H,34,38). The van der Waals surface area contributed by atoms with Crippen molar-refractivity contribution < 1.29 is 23.9 Å². The van der Waals surface area contributed by atoms with Gasteiger partial charge < -0.3 is 25.4 Å². The molecule has 0 fully saturated rings. The Balaban J connectivity index is 1.89. The molecule has 0 aliphatic carbocycles. The number of rotatable bonds is 11. The molecule has 3 rings (SSSR count). The molecule has 0 saturated carbocycles. The molecule has 1 heterocycles. The molecule has 210 valence electrons. The Bertz CT molecular complexity index is 1380. The Morgan fingerprint density at radius 2 is 1.75 bits per heavy atom. The number of likely N-dealkylation sites (N-methyl/N-ethyl adjacent to an activating group) is 1. The number of benzene rings is 2. The molecule has 1 unspecified atom stereocenters. The van der Waals surface area contributed by atoms with E-state index in [2.05, 4.69) is 21.2 Å². The number of hydrogen-bond donors (Lipinski definition) is 5. The molecule has 12 nitrogen and oxygen atoms in total. The van der Waals surface area contributed by atoms with Crippen LogP contribution in [0.2, 0.25) is 0 Å². The van der Waals surface area contributed by atoms with E-state index in [1.165, 1.54) is 11.1 Å². The van der Waals surface area contributed by atoms with Gasteiger partial charge in [0.25, 0.3) is 17.7 Å². The van der Waals surface area contributed by atoms with E-state index in [1.807, 2.05) is 0 Å². The van der Waals surface area contributed by atoms with Crippen LogP contribution in [0, 0.1) is 12.3 Å². The predicted molar refractivity (Wildman–Crippen MR) is 150 cm³/mol. The second-order valence-corrected chi connectivity index (χ2v) is 8.92. The summed E-state index contributed by atoms with van der Waals surface area (Å²) in [6.07, 6.45) is 2.99. The van der Waals surface area contributed by atoms with Crippen molar-refractivity contribution in [3.05, 3.63) is 83.2 Å². The number of aromatic nitrogens is 1. The molecular weight excluding hydrogens is 514 g/mol. The lowest BCUT2D eigenvalue weighted by atomic mass is 10.0. The minimum Gasteiger partial charge on any atom is -0.490 e. The van der Waals surface area contributed by atoms with Gasteiger partial charge in [0.05, 0.1) is 12.2 Å². The van der Waals surface area contributed by atoms with E-state index >= 15 is 0 Å². The summed E-state index contributed by atoms with van der Waals surface area (Å²) in [5.74, 6) is -0.713. The third-order valence-electron chi connectivity index (χ3n) is 5.80. The number of nitrogen functional groups attached to an aromatic ring is 1. The summed E-state index contributed by atoms with van der Waals surface area (Å²) in [6, 6.07) is 12.3. The molecule has 3 aromatic rings. The van der Waals surface area contributed by atoms with Gasteiger partial charge in [-0.15, -0.1) is 0 Å². The molecule has 6 N–H and O–H groups in total. The van der Waals surface area contributed by atoms with Gasteiger partial charge in [-0.3, -0.25) is 35.6 Å². The van der Waals surface area contributed by atoms with Crippen molar-refractivity contribution in [1.82, 2.24) is 20.7 Å². The van der Waals surface area contributed by atoms with Crippen molar-refractivity contribution in [2.75, 3.05) is 32.6 Å². The second kappa shape index (κ2) is 13.6. The zero-order chi connectivity index (χ0) is 29.2. The fourth-order valence-electron chi connectivity index (χ4n) is 3.53. The number of anilines is 1. The second-order valence-electron chi connectivity index (χ2n) is 8.92. The summed E-state index contributed by atoms with van der Waals surface area (Å²) in [7, 11) is 3.26. The van der Waals surface area contributed by atoms with Crippen LogP contribution in [0.5, 0.6) is 11.5 Å². The van der Waals surface area contributed by atoms with Gasteiger partial charge in [0.1, 0.15) is 11.9 Å². The number of amides is 3. The number of pyridine rings is 1. The van der Waals surface area contributed by atoms with Crippen LogP contribution in [0.1, 0.15) is 40.0 Å². The van der Waals surface area contributed by atoms with Crippen molar-refractivity contribution in [3.63, 3.8) is 0 Å². The van der Waals surface area contributed by atoms with Gasteiger partial charge in [-0.25, -0.2) is 0 Å². The number of aryl methyl sites for hydroxylation is 1. The molecule has 12 heteroatoms. The summed E-state index contributed by atoms with van der Waals surface area (Å²) in [6.45, 7) is 3.70. The van der Waals surface area contributed by atoms with Crippen molar-refractivity contribution in [3.8, 4) is 11.5 Å². The lowest BCUT2D eigenvalue weighted by molar-refractivity contribution is -0.130. The van der Waals surface area contributed by atoms with Gasteiger partial charge >= 0.3 is 0 Å². The monoisotopic (exact) mass is 547 g/mol. The maximum Gasteiger partial charge on any atom is 0.271 e. The molecule has 0 aliphatic rings. The van der Waals surface area contributed by atoms with Crippen LogP contribution in [-0.4, -0.2) is 60.8 Å². The number of ether oxygens (including phenoxy) is 2. The molecule has 1 atom stereocenters. The normalized spacial score (nSPS) is 11.1. The first-order valence-corrected chi connectivity index (χ1v) is 12.4. The van der Waals surface area contributed by atoms with E-state index in [9.17, 15) is 14.4 Å². The molecule has 40 heavy (non-hydrogen) atoms. The predicted octanol–water partition coefficient (Wildman–Crippen LogP) is 2.15. The van der Waals surface area contributed by atoms with E-state index in [1.54, 1.807) is 82.7 Å². The Kier molecular flexibility index (Phi) is 10.0. The Labute approximate surface area is 232 Å². The first-order valence-electron chi connectivity index (χ1n) is 12.4. The van der Waals surface area contributed by atoms with Crippen LogP contribution < -0.4 is 31.4 Å². The molecule has 0 saturated heterocycles. The highest BCUT2D eigenvalue weighted by Gasteiger charge is 2.24. The largest absolute Gasteiger partial charge is 0.490 e. The molecule has 1 aromatic heterocycles. The van der Waals surface area contributed by atoms with Gasteiger partial charge in [0.2, 0.25) is 0 Å². The minimum atomic E-state index is -0.991. The van der Waals surface area contributed by atoms with Crippen LogP contribution >= 0.6 is 0 Å². The quantitative estimate of drug-likeness (QED) is 0.138.